The van der Waals surface area contributed by atoms with Crippen LogP contribution in [0.25, 0.3) is 17.0 Å². The summed E-state index contributed by atoms with van der Waals surface area (Å²) in [5.74, 6) is 0. The number of quaternary nitrogens is 1. The van der Waals surface area contributed by atoms with Crippen LogP contribution in [0.2, 0.25) is 0 Å². The van der Waals surface area contributed by atoms with Crippen molar-refractivity contribution >= 4 is 34.4 Å². The maximum absolute atomic E-state index is 2.40. The molecule has 0 atom stereocenters. The Morgan fingerprint density at radius 3 is 2.46 bits per heavy atom. The standard InChI is InChI=1S/C31H39N3S/c1-31(2,3)34(5,6)24-14-22-33-23-21-25(26-16-10-11-17-27(26)33)15-8-7-9-20-30-32(4)28-18-12-13-19-29(28)35-30/h7-13,15-21,23H,14,22,24H2,1-6H3/q+2. The number of allylic oxidation sites excluding steroid dienone is 4. The van der Waals surface area contributed by atoms with E-state index in [1.54, 1.807) is 0 Å². The van der Waals surface area contributed by atoms with Gasteiger partial charge in [-0.1, -0.05) is 60.3 Å². The Morgan fingerprint density at radius 1 is 0.943 bits per heavy atom. The first-order chi connectivity index (χ1) is 16.7. The van der Waals surface area contributed by atoms with Crippen molar-refractivity contribution in [3.63, 3.8) is 0 Å². The fourth-order valence-electron chi connectivity index (χ4n) is 4.25. The van der Waals surface area contributed by atoms with Gasteiger partial charge in [0.15, 0.2) is 12.7 Å². The van der Waals surface area contributed by atoms with Crippen molar-refractivity contribution in [1.29, 1.82) is 0 Å². The molecule has 0 unspecified atom stereocenters. The summed E-state index contributed by atoms with van der Waals surface area (Å²) in [5.41, 5.74) is 4.07. The van der Waals surface area contributed by atoms with Crippen molar-refractivity contribution in [3.8, 4) is 0 Å². The molecular weight excluding hydrogens is 446 g/mol. The van der Waals surface area contributed by atoms with E-state index in [-0.39, 0.29) is 5.54 Å². The minimum atomic E-state index is 0.251. The van der Waals surface area contributed by atoms with Gasteiger partial charge in [0.2, 0.25) is 5.52 Å². The smallest absolute Gasteiger partial charge is 0.213 e. The third kappa shape index (κ3) is 5.71. The Hall–Kier alpha value is -2.82. The van der Waals surface area contributed by atoms with Gasteiger partial charge in [0, 0.05) is 24.1 Å². The van der Waals surface area contributed by atoms with Crippen LogP contribution < -0.4 is 9.47 Å². The van der Waals surface area contributed by atoms with Crippen molar-refractivity contribution < 1.29 is 9.05 Å². The first kappa shape index (κ1) is 25.3. The fraction of sp³-hybridized carbons (Fsp3) is 0.323. The molecule has 4 rings (SSSR count). The van der Waals surface area contributed by atoms with Crippen molar-refractivity contribution in [2.45, 2.75) is 44.2 Å². The summed E-state index contributed by atoms with van der Waals surface area (Å²) in [6, 6.07) is 19.5. The average Bonchev–Trinajstić information content (AvgIpc) is 3.14. The van der Waals surface area contributed by atoms with Crippen LogP contribution in [-0.2, 0) is 6.54 Å². The van der Waals surface area contributed by atoms with Crippen LogP contribution in [-0.4, -0.2) is 37.7 Å². The molecular formula is C31H39N3S+2. The third-order valence-corrected chi connectivity index (χ3v) is 8.58. The van der Waals surface area contributed by atoms with Gasteiger partial charge in [0.1, 0.15) is 0 Å². The number of para-hydroxylation sites is 2. The van der Waals surface area contributed by atoms with Crippen LogP contribution in [0.1, 0.15) is 32.8 Å². The zero-order valence-electron chi connectivity index (χ0n) is 22.0. The molecule has 3 aromatic rings. The molecule has 2 heterocycles. The zero-order valence-corrected chi connectivity index (χ0v) is 22.8. The minimum Gasteiger partial charge on any atom is -0.338 e. The molecule has 0 amide bonds. The molecule has 4 heteroatoms. The SMILES string of the molecule is CN1/C(=C/C=C/C=C/c2cc[n+](CCC[N+](C)(C)C(C)(C)C)c3ccccc23)Sc2ccccc21. The molecule has 1 aromatic heterocycles. The molecule has 1 aliphatic rings. The van der Waals surface area contributed by atoms with E-state index >= 15 is 0 Å². The van der Waals surface area contributed by atoms with Crippen molar-refractivity contribution in [2.75, 3.05) is 32.6 Å². The van der Waals surface area contributed by atoms with Gasteiger partial charge in [0.25, 0.3) is 0 Å². The molecule has 0 saturated carbocycles. The summed E-state index contributed by atoms with van der Waals surface area (Å²) >= 11 is 1.82. The summed E-state index contributed by atoms with van der Waals surface area (Å²) in [7, 11) is 6.80. The number of rotatable bonds is 7. The molecule has 0 N–H and O–H groups in total. The van der Waals surface area contributed by atoms with E-state index in [9.17, 15) is 0 Å². The third-order valence-electron chi connectivity index (χ3n) is 7.40. The number of fused-ring (bicyclic) bond motifs is 2. The lowest BCUT2D eigenvalue weighted by molar-refractivity contribution is -0.937. The van der Waals surface area contributed by atoms with E-state index in [2.05, 4.69) is 143 Å². The summed E-state index contributed by atoms with van der Waals surface area (Å²) in [6.07, 6.45) is 14.2. The predicted octanol–water partition coefficient (Wildman–Crippen LogP) is 7.05. The molecule has 0 bridgehead atoms. The van der Waals surface area contributed by atoms with E-state index in [4.69, 9.17) is 0 Å². The topological polar surface area (TPSA) is 7.12 Å². The van der Waals surface area contributed by atoms with Gasteiger partial charge < -0.3 is 9.38 Å². The van der Waals surface area contributed by atoms with E-state index in [1.165, 1.54) is 32.1 Å². The summed E-state index contributed by atoms with van der Waals surface area (Å²) < 4.78 is 3.43. The Morgan fingerprint density at radius 2 is 1.69 bits per heavy atom. The van der Waals surface area contributed by atoms with Crippen LogP contribution in [0.3, 0.4) is 0 Å². The monoisotopic (exact) mass is 485 g/mol. The van der Waals surface area contributed by atoms with E-state index in [0.29, 0.717) is 0 Å². The Bertz CT molecular complexity index is 1280. The maximum Gasteiger partial charge on any atom is 0.213 e. The van der Waals surface area contributed by atoms with Crippen LogP contribution >= 0.6 is 11.8 Å². The largest absolute Gasteiger partial charge is 0.338 e. The Labute approximate surface area is 215 Å². The lowest BCUT2D eigenvalue weighted by Crippen LogP contribution is -2.55. The van der Waals surface area contributed by atoms with Crippen LogP contribution in [0.15, 0.2) is 95.0 Å². The van der Waals surface area contributed by atoms with Gasteiger partial charge in [-0.05, 0) is 50.6 Å². The number of aromatic nitrogens is 1. The molecule has 35 heavy (non-hydrogen) atoms. The zero-order chi connectivity index (χ0) is 25.1. The van der Waals surface area contributed by atoms with Gasteiger partial charge in [-0.25, -0.2) is 0 Å². The molecule has 2 aromatic carbocycles. The highest BCUT2D eigenvalue weighted by atomic mass is 32.2. The first-order valence-corrected chi connectivity index (χ1v) is 13.3. The summed E-state index contributed by atoms with van der Waals surface area (Å²) in [4.78, 5) is 3.56. The second-order valence-corrected chi connectivity index (χ2v) is 11.9. The molecule has 0 fully saturated rings. The van der Waals surface area contributed by atoms with Crippen molar-refractivity contribution in [1.82, 2.24) is 0 Å². The molecule has 1 aliphatic heterocycles. The number of anilines is 1. The lowest BCUT2D eigenvalue weighted by Gasteiger charge is -2.42. The second-order valence-electron chi connectivity index (χ2n) is 10.8. The highest BCUT2D eigenvalue weighted by Crippen LogP contribution is 2.44. The second kappa shape index (κ2) is 10.4. The number of benzene rings is 2. The number of nitrogens with zero attached hydrogens (tertiary/aromatic N) is 3. The van der Waals surface area contributed by atoms with E-state index in [1.807, 2.05) is 11.8 Å². The average molecular weight is 486 g/mol. The maximum atomic E-state index is 2.40. The van der Waals surface area contributed by atoms with Crippen LogP contribution in [0.5, 0.6) is 0 Å². The molecule has 0 saturated heterocycles. The predicted molar refractivity (Wildman–Crippen MR) is 152 cm³/mol. The van der Waals surface area contributed by atoms with E-state index in [0.717, 1.165) is 24.0 Å². The van der Waals surface area contributed by atoms with Gasteiger partial charge in [-0.3, -0.25) is 0 Å². The fourth-order valence-corrected chi connectivity index (χ4v) is 5.31. The van der Waals surface area contributed by atoms with Crippen molar-refractivity contribution in [3.05, 3.63) is 95.7 Å². The molecule has 0 aliphatic carbocycles. The van der Waals surface area contributed by atoms with Gasteiger partial charge in [-0.2, -0.15) is 4.57 Å². The van der Waals surface area contributed by atoms with Gasteiger partial charge in [0.05, 0.1) is 48.7 Å². The van der Waals surface area contributed by atoms with Gasteiger partial charge in [-0.15, -0.1) is 0 Å². The summed E-state index contributed by atoms with van der Waals surface area (Å²) in [5, 5.41) is 2.54. The number of thioether (sulfide) groups is 1. The number of hydrogen-bond donors (Lipinski definition) is 0. The number of hydrogen-bond acceptors (Lipinski definition) is 2. The van der Waals surface area contributed by atoms with Gasteiger partial charge >= 0.3 is 0 Å². The quantitative estimate of drug-likeness (QED) is 0.201. The molecule has 182 valence electrons. The van der Waals surface area contributed by atoms with Crippen LogP contribution in [0.4, 0.5) is 5.69 Å². The molecule has 0 radical (unpaired) electrons. The normalized spacial score (nSPS) is 15.7. The Kier molecular flexibility index (Phi) is 7.53. The minimum absolute atomic E-state index is 0.251. The molecule has 3 nitrogen and oxygen atoms in total. The highest BCUT2D eigenvalue weighted by molar-refractivity contribution is 8.03. The lowest BCUT2D eigenvalue weighted by atomic mass is 10.0. The highest BCUT2D eigenvalue weighted by Gasteiger charge is 2.31. The number of pyridine rings is 1. The summed E-state index contributed by atoms with van der Waals surface area (Å²) in [6.45, 7) is 9.16. The van der Waals surface area contributed by atoms with E-state index < -0.39 is 0 Å². The Balaban J connectivity index is 1.44. The van der Waals surface area contributed by atoms with Crippen LogP contribution in [0, 0.1) is 0 Å². The number of aryl methyl sites for hydroxylation is 1. The first-order valence-electron chi connectivity index (χ1n) is 12.5. The molecule has 0 spiro atoms. The van der Waals surface area contributed by atoms with Crippen molar-refractivity contribution in [2.24, 2.45) is 0 Å².